The molecule has 1 aliphatic rings. The quantitative estimate of drug-likeness (QED) is 0.855. The minimum Gasteiger partial charge on any atom is -0.322 e. The second kappa shape index (κ2) is 7.13. The first-order chi connectivity index (χ1) is 12.3. The van der Waals surface area contributed by atoms with E-state index in [0.29, 0.717) is 40.5 Å². The van der Waals surface area contributed by atoms with Crippen LogP contribution in [0.3, 0.4) is 0 Å². The fourth-order valence-electron chi connectivity index (χ4n) is 3.01. The van der Waals surface area contributed by atoms with Gasteiger partial charge in [0.15, 0.2) is 0 Å². The third kappa shape index (κ3) is 3.76. The van der Waals surface area contributed by atoms with Crippen LogP contribution in [-0.4, -0.2) is 26.6 Å². The molecule has 0 bridgehead atoms. The molecular formula is C19H19ClN2O3S. The van der Waals surface area contributed by atoms with Crippen molar-refractivity contribution in [3.63, 3.8) is 0 Å². The van der Waals surface area contributed by atoms with Crippen LogP contribution < -0.4 is 9.62 Å². The number of sulfonamides is 1. The second-order valence-electron chi connectivity index (χ2n) is 6.19. The zero-order valence-corrected chi connectivity index (χ0v) is 15.9. The lowest BCUT2D eigenvalue weighted by atomic mass is 10.1. The Balaban J connectivity index is 1.96. The van der Waals surface area contributed by atoms with Gasteiger partial charge in [0.05, 0.1) is 11.4 Å². The second-order valence-corrected chi connectivity index (χ2v) is 8.64. The number of hydrogen-bond acceptors (Lipinski definition) is 3. The summed E-state index contributed by atoms with van der Waals surface area (Å²) < 4.78 is 25.7. The lowest BCUT2D eigenvalue weighted by Gasteiger charge is -2.18. The molecule has 0 radical (unpaired) electrons. The number of carbonyl (C=O) groups excluding carboxylic acids is 1. The number of nitrogens with one attached hydrogen (secondary N) is 1. The van der Waals surface area contributed by atoms with Gasteiger partial charge in [-0.1, -0.05) is 30.3 Å². The zero-order chi connectivity index (χ0) is 18.9. The Hall–Kier alpha value is -2.31. The highest BCUT2D eigenvalue weighted by molar-refractivity contribution is 7.93. The molecule has 1 amide bonds. The molecule has 3 rings (SSSR count). The lowest BCUT2D eigenvalue weighted by Crippen LogP contribution is -2.25. The van der Waals surface area contributed by atoms with Gasteiger partial charge in [0.25, 0.3) is 5.91 Å². The van der Waals surface area contributed by atoms with E-state index in [4.69, 9.17) is 11.6 Å². The fourth-order valence-corrected chi connectivity index (χ4v) is 4.86. The van der Waals surface area contributed by atoms with Gasteiger partial charge in [-0.25, -0.2) is 8.42 Å². The maximum absolute atomic E-state index is 12.8. The number of halogens is 1. The first kappa shape index (κ1) is 18.5. The van der Waals surface area contributed by atoms with E-state index in [0.717, 1.165) is 5.56 Å². The van der Waals surface area contributed by atoms with E-state index in [1.54, 1.807) is 36.4 Å². The zero-order valence-electron chi connectivity index (χ0n) is 14.3. The summed E-state index contributed by atoms with van der Waals surface area (Å²) in [6.45, 7) is 6.04. The van der Waals surface area contributed by atoms with Gasteiger partial charge < -0.3 is 5.32 Å². The van der Waals surface area contributed by atoms with Crippen molar-refractivity contribution in [1.82, 2.24) is 0 Å². The van der Waals surface area contributed by atoms with Crippen molar-refractivity contribution in [3.05, 3.63) is 64.7 Å². The van der Waals surface area contributed by atoms with Crippen LogP contribution in [0.15, 0.2) is 43.0 Å². The molecule has 7 heteroatoms. The molecule has 0 unspecified atom stereocenters. The minimum atomic E-state index is -3.31. The van der Waals surface area contributed by atoms with Gasteiger partial charge in [-0.05, 0) is 54.8 Å². The van der Waals surface area contributed by atoms with Gasteiger partial charge in [-0.3, -0.25) is 9.10 Å². The number of amides is 1. The van der Waals surface area contributed by atoms with E-state index < -0.39 is 10.0 Å². The normalized spacial score (nSPS) is 15.7. The van der Waals surface area contributed by atoms with Gasteiger partial charge in [0, 0.05) is 22.8 Å². The maximum Gasteiger partial charge on any atom is 0.256 e. The van der Waals surface area contributed by atoms with Gasteiger partial charge in [-0.2, -0.15) is 0 Å². The summed E-state index contributed by atoms with van der Waals surface area (Å²) in [6, 6.07) is 10.3. The Morgan fingerprint density at radius 3 is 2.65 bits per heavy atom. The molecule has 1 aliphatic heterocycles. The van der Waals surface area contributed by atoms with E-state index in [1.165, 1.54) is 4.31 Å². The molecule has 2 aromatic carbocycles. The van der Waals surface area contributed by atoms with Crippen LogP contribution in [0.25, 0.3) is 6.08 Å². The third-order valence-corrected chi connectivity index (χ3v) is 6.28. The van der Waals surface area contributed by atoms with Crippen LogP contribution in [0.1, 0.15) is 27.9 Å². The predicted molar refractivity (Wildman–Crippen MR) is 106 cm³/mol. The summed E-state index contributed by atoms with van der Waals surface area (Å²) in [5.41, 5.74) is 2.97. The number of hydrogen-bond donors (Lipinski definition) is 1. The van der Waals surface area contributed by atoms with Crippen LogP contribution in [0, 0.1) is 6.92 Å². The van der Waals surface area contributed by atoms with Gasteiger partial charge in [0.2, 0.25) is 10.0 Å². The SMILES string of the molecule is C=Cc1ccc(N2CCCS2(=O)=O)cc1C(=O)Nc1cc(C)cc(Cl)c1. The van der Waals surface area contributed by atoms with Gasteiger partial charge >= 0.3 is 0 Å². The number of carbonyl (C=O) groups is 1. The standard InChI is InChI=1S/C19H19ClN2O3S/c1-3-14-5-6-17(22-7-4-8-26(22,24)25)12-18(14)19(23)21-16-10-13(2)9-15(20)11-16/h3,5-6,9-12H,1,4,7-8H2,2H3,(H,21,23). The molecule has 0 aliphatic carbocycles. The van der Waals surface area contributed by atoms with Crippen molar-refractivity contribution in [1.29, 1.82) is 0 Å². The topological polar surface area (TPSA) is 66.5 Å². The predicted octanol–water partition coefficient (Wildman–Crippen LogP) is 4.08. The highest BCUT2D eigenvalue weighted by Gasteiger charge is 2.29. The molecule has 0 atom stereocenters. The van der Waals surface area contributed by atoms with Crippen LogP contribution in [0.5, 0.6) is 0 Å². The molecule has 2 aromatic rings. The van der Waals surface area contributed by atoms with Crippen LogP contribution in [0.4, 0.5) is 11.4 Å². The monoisotopic (exact) mass is 390 g/mol. The van der Waals surface area contributed by atoms with E-state index >= 15 is 0 Å². The van der Waals surface area contributed by atoms with Crippen molar-refractivity contribution < 1.29 is 13.2 Å². The first-order valence-electron chi connectivity index (χ1n) is 8.15. The summed E-state index contributed by atoms with van der Waals surface area (Å²) >= 11 is 6.04. The Kier molecular flexibility index (Phi) is 5.07. The summed E-state index contributed by atoms with van der Waals surface area (Å²) in [5.74, 6) is -0.223. The summed E-state index contributed by atoms with van der Waals surface area (Å²) in [6.07, 6.45) is 2.15. The Morgan fingerprint density at radius 1 is 1.27 bits per heavy atom. The number of aryl methyl sites for hydroxylation is 1. The Bertz CT molecular complexity index is 966. The minimum absolute atomic E-state index is 0.125. The Morgan fingerprint density at radius 2 is 2.04 bits per heavy atom. The molecule has 0 saturated carbocycles. The summed E-state index contributed by atoms with van der Waals surface area (Å²) in [7, 11) is -3.31. The van der Waals surface area contributed by atoms with Crippen molar-refractivity contribution >= 4 is 45.0 Å². The molecule has 0 spiro atoms. The fraction of sp³-hybridized carbons (Fsp3) is 0.211. The van der Waals surface area contributed by atoms with Crippen molar-refractivity contribution in [2.45, 2.75) is 13.3 Å². The number of nitrogens with zero attached hydrogens (tertiary/aromatic N) is 1. The highest BCUT2D eigenvalue weighted by atomic mass is 35.5. The van der Waals surface area contributed by atoms with Crippen molar-refractivity contribution in [3.8, 4) is 0 Å². The van der Waals surface area contributed by atoms with Crippen LogP contribution in [0.2, 0.25) is 5.02 Å². The summed E-state index contributed by atoms with van der Waals surface area (Å²) in [5, 5.41) is 3.34. The summed E-state index contributed by atoms with van der Waals surface area (Å²) in [4.78, 5) is 12.8. The maximum atomic E-state index is 12.8. The molecule has 26 heavy (non-hydrogen) atoms. The number of benzene rings is 2. The molecule has 1 N–H and O–H groups in total. The lowest BCUT2D eigenvalue weighted by molar-refractivity contribution is 0.102. The molecule has 1 saturated heterocycles. The number of anilines is 2. The van der Waals surface area contributed by atoms with Crippen molar-refractivity contribution in [2.75, 3.05) is 21.9 Å². The number of rotatable bonds is 4. The van der Waals surface area contributed by atoms with Gasteiger partial charge in [0.1, 0.15) is 0 Å². The van der Waals surface area contributed by atoms with E-state index in [-0.39, 0.29) is 11.7 Å². The average Bonchev–Trinajstić information content (AvgIpc) is 2.92. The molecule has 0 aromatic heterocycles. The molecule has 136 valence electrons. The van der Waals surface area contributed by atoms with Gasteiger partial charge in [-0.15, -0.1) is 0 Å². The molecular weight excluding hydrogens is 372 g/mol. The largest absolute Gasteiger partial charge is 0.322 e. The van der Waals surface area contributed by atoms with E-state index in [1.807, 2.05) is 13.0 Å². The average molecular weight is 391 g/mol. The first-order valence-corrected chi connectivity index (χ1v) is 10.1. The third-order valence-electron chi connectivity index (χ3n) is 4.19. The van der Waals surface area contributed by atoms with Crippen LogP contribution >= 0.6 is 11.6 Å². The van der Waals surface area contributed by atoms with Crippen LogP contribution in [-0.2, 0) is 10.0 Å². The van der Waals surface area contributed by atoms with E-state index in [9.17, 15) is 13.2 Å². The highest BCUT2D eigenvalue weighted by Crippen LogP contribution is 2.28. The molecule has 5 nitrogen and oxygen atoms in total. The molecule has 1 heterocycles. The van der Waals surface area contributed by atoms with Crippen molar-refractivity contribution in [2.24, 2.45) is 0 Å². The Labute approximate surface area is 158 Å². The molecule has 1 fully saturated rings. The smallest absolute Gasteiger partial charge is 0.256 e. The van der Waals surface area contributed by atoms with E-state index in [2.05, 4.69) is 11.9 Å².